The Kier molecular flexibility index (Phi) is 4.04. The lowest BCUT2D eigenvalue weighted by atomic mass is 9.90. The van der Waals surface area contributed by atoms with E-state index in [1.54, 1.807) is 0 Å². The van der Waals surface area contributed by atoms with Crippen LogP contribution in [0.15, 0.2) is 0 Å². The highest BCUT2D eigenvalue weighted by Crippen LogP contribution is 2.41. The van der Waals surface area contributed by atoms with Gasteiger partial charge in [-0.05, 0) is 32.1 Å². The molecule has 0 aromatic heterocycles. The summed E-state index contributed by atoms with van der Waals surface area (Å²) in [5.74, 6) is 1.07. The van der Waals surface area contributed by atoms with Crippen molar-refractivity contribution >= 4 is 9.84 Å². The van der Waals surface area contributed by atoms with Crippen molar-refractivity contribution in [3.63, 3.8) is 0 Å². The Hall–Kier alpha value is -0.130. The number of nitrogens with zero attached hydrogens (tertiary/aromatic N) is 1. The molecule has 1 aliphatic heterocycles. The Bertz CT molecular complexity index is 392. The minimum absolute atomic E-state index is 0.198. The number of hydrogen-bond donors (Lipinski definition) is 1. The summed E-state index contributed by atoms with van der Waals surface area (Å²) in [6, 6.07) is 0.485. The first kappa shape index (κ1) is 14.3. The van der Waals surface area contributed by atoms with E-state index in [9.17, 15) is 8.42 Å². The highest BCUT2D eigenvalue weighted by atomic mass is 32.2. The van der Waals surface area contributed by atoms with E-state index in [4.69, 9.17) is 0 Å². The average Bonchev–Trinajstić information content (AvgIpc) is 3.09. The van der Waals surface area contributed by atoms with E-state index in [2.05, 4.69) is 24.1 Å². The third kappa shape index (κ3) is 3.45. The molecule has 1 aliphatic carbocycles. The van der Waals surface area contributed by atoms with Gasteiger partial charge in [0.25, 0.3) is 0 Å². The van der Waals surface area contributed by atoms with E-state index >= 15 is 0 Å². The molecule has 2 unspecified atom stereocenters. The van der Waals surface area contributed by atoms with Crippen molar-refractivity contribution in [3.05, 3.63) is 0 Å². The molecule has 0 aromatic rings. The van der Waals surface area contributed by atoms with Crippen molar-refractivity contribution in [2.75, 3.05) is 31.6 Å². The van der Waals surface area contributed by atoms with E-state index in [0.717, 1.165) is 25.4 Å². The van der Waals surface area contributed by atoms with Crippen LogP contribution in [0, 0.1) is 5.92 Å². The topological polar surface area (TPSA) is 49.4 Å². The van der Waals surface area contributed by atoms with Gasteiger partial charge in [-0.2, -0.15) is 0 Å². The number of sulfone groups is 1. The number of rotatable bonds is 5. The molecular formula is C13H26N2O2S. The molecule has 2 fully saturated rings. The van der Waals surface area contributed by atoms with Crippen molar-refractivity contribution in [3.8, 4) is 0 Å². The second kappa shape index (κ2) is 5.10. The molecule has 5 heteroatoms. The monoisotopic (exact) mass is 274 g/mol. The normalized spacial score (nSPS) is 34.7. The van der Waals surface area contributed by atoms with Gasteiger partial charge < -0.3 is 5.32 Å². The zero-order valence-electron chi connectivity index (χ0n) is 11.8. The summed E-state index contributed by atoms with van der Waals surface area (Å²) in [6.07, 6.45) is 5.05. The third-order valence-electron chi connectivity index (χ3n) is 4.49. The van der Waals surface area contributed by atoms with Gasteiger partial charge in [0, 0.05) is 37.5 Å². The Morgan fingerprint density at radius 1 is 1.39 bits per heavy atom. The number of piperazine rings is 1. The summed E-state index contributed by atoms with van der Waals surface area (Å²) < 4.78 is 22.7. The van der Waals surface area contributed by atoms with E-state index in [1.807, 2.05) is 0 Å². The molecule has 2 rings (SSSR count). The van der Waals surface area contributed by atoms with Gasteiger partial charge in [-0.15, -0.1) is 0 Å². The highest BCUT2D eigenvalue weighted by molar-refractivity contribution is 7.90. The molecule has 0 bridgehead atoms. The fourth-order valence-electron chi connectivity index (χ4n) is 3.03. The summed E-state index contributed by atoms with van der Waals surface area (Å²) in [6.45, 7) is 7.14. The van der Waals surface area contributed by atoms with Gasteiger partial charge in [0.15, 0.2) is 0 Å². The van der Waals surface area contributed by atoms with Crippen LogP contribution >= 0.6 is 0 Å². The molecule has 4 nitrogen and oxygen atoms in total. The van der Waals surface area contributed by atoms with Crippen molar-refractivity contribution in [2.45, 2.75) is 44.7 Å². The van der Waals surface area contributed by atoms with Crippen LogP contribution in [0.5, 0.6) is 0 Å². The van der Waals surface area contributed by atoms with Gasteiger partial charge in [-0.1, -0.05) is 6.92 Å². The van der Waals surface area contributed by atoms with Crippen molar-refractivity contribution in [1.82, 2.24) is 10.2 Å². The summed E-state index contributed by atoms with van der Waals surface area (Å²) in [4.78, 5) is 2.38. The average molecular weight is 274 g/mol. The van der Waals surface area contributed by atoms with Crippen LogP contribution < -0.4 is 5.32 Å². The van der Waals surface area contributed by atoms with Crippen LogP contribution in [0.2, 0.25) is 0 Å². The summed E-state index contributed by atoms with van der Waals surface area (Å²) in [5, 5.41) is 3.69. The lowest BCUT2D eigenvalue weighted by Crippen LogP contribution is -2.64. The molecule has 1 saturated carbocycles. The van der Waals surface area contributed by atoms with Crippen LogP contribution in [0.1, 0.15) is 33.1 Å². The van der Waals surface area contributed by atoms with Crippen molar-refractivity contribution in [2.24, 2.45) is 5.92 Å². The molecule has 1 N–H and O–H groups in total. The molecule has 0 amide bonds. The lowest BCUT2D eigenvalue weighted by Gasteiger charge is -2.46. The Morgan fingerprint density at radius 3 is 2.56 bits per heavy atom. The quantitative estimate of drug-likeness (QED) is 0.809. The predicted octanol–water partition coefficient (Wildman–Crippen LogP) is 0.884. The minimum atomic E-state index is -2.86. The van der Waals surface area contributed by atoms with E-state index < -0.39 is 9.84 Å². The summed E-state index contributed by atoms with van der Waals surface area (Å²) >= 11 is 0. The zero-order valence-corrected chi connectivity index (χ0v) is 12.6. The molecular weight excluding hydrogens is 248 g/mol. The maximum absolute atomic E-state index is 11.3. The molecule has 0 spiro atoms. The fourth-order valence-corrected chi connectivity index (χ4v) is 3.59. The molecule has 0 aromatic carbocycles. The fraction of sp³-hybridized carbons (Fsp3) is 1.00. The van der Waals surface area contributed by atoms with Crippen LogP contribution in [0.3, 0.4) is 0 Å². The SMILES string of the molecule is CCC1CNC(C)(C2CC2)CN1CCS(C)(=O)=O. The first-order chi connectivity index (χ1) is 8.34. The molecule has 0 radical (unpaired) electrons. The first-order valence-corrected chi connectivity index (χ1v) is 9.07. The standard InChI is InChI=1S/C13H26N2O2S/c1-4-12-9-14-13(2,11-5-6-11)10-15(12)7-8-18(3,16)17/h11-12,14H,4-10H2,1-3H3. The second-order valence-corrected chi connectivity index (χ2v) is 8.49. The van der Waals surface area contributed by atoms with Crippen LogP contribution in [-0.2, 0) is 9.84 Å². The Labute approximate surface area is 111 Å². The van der Waals surface area contributed by atoms with Crippen LogP contribution in [-0.4, -0.2) is 56.5 Å². The highest BCUT2D eigenvalue weighted by Gasteiger charge is 2.45. The maximum atomic E-state index is 11.3. The molecule has 18 heavy (non-hydrogen) atoms. The van der Waals surface area contributed by atoms with Crippen molar-refractivity contribution in [1.29, 1.82) is 0 Å². The largest absolute Gasteiger partial charge is 0.308 e. The molecule has 2 atom stereocenters. The minimum Gasteiger partial charge on any atom is -0.308 e. The first-order valence-electron chi connectivity index (χ1n) is 7.01. The van der Waals surface area contributed by atoms with Crippen molar-refractivity contribution < 1.29 is 8.42 Å². The molecule has 1 saturated heterocycles. The van der Waals surface area contributed by atoms with Gasteiger partial charge in [-0.3, -0.25) is 4.90 Å². The Morgan fingerprint density at radius 2 is 2.06 bits per heavy atom. The summed E-state index contributed by atoms with van der Waals surface area (Å²) in [5.41, 5.74) is 0.198. The lowest BCUT2D eigenvalue weighted by molar-refractivity contribution is 0.0785. The van der Waals surface area contributed by atoms with E-state index in [1.165, 1.54) is 19.1 Å². The number of nitrogens with one attached hydrogen (secondary N) is 1. The molecule has 2 aliphatic rings. The predicted molar refractivity (Wildman–Crippen MR) is 74.5 cm³/mol. The third-order valence-corrected chi connectivity index (χ3v) is 5.41. The van der Waals surface area contributed by atoms with Gasteiger partial charge in [0.05, 0.1) is 5.75 Å². The van der Waals surface area contributed by atoms with Gasteiger partial charge in [-0.25, -0.2) is 8.42 Å². The van der Waals surface area contributed by atoms with Gasteiger partial charge in [0.1, 0.15) is 9.84 Å². The number of hydrogen-bond acceptors (Lipinski definition) is 4. The molecule has 1 heterocycles. The van der Waals surface area contributed by atoms with E-state index in [0.29, 0.717) is 12.6 Å². The van der Waals surface area contributed by atoms with Gasteiger partial charge in [0.2, 0.25) is 0 Å². The Balaban J connectivity index is 1.98. The van der Waals surface area contributed by atoms with Gasteiger partial charge >= 0.3 is 0 Å². The second-order valence-electron chi connectivity index (χ2n) is 6.24. The smallest absolute Gasteiger partial charge is 0.148 e. The van der Waals surface area contributed by atoms with Crippen LogP contribution in [0.4, 0.5) is 0 Å². The van der Waals surface area contributed by atoms with E-state index in [-0.39, 0.29) is 11.3 Å². The van der Waals surface area contributed by atoms with Crippen LogP contribution in [0.25, 0.3) is 0 Å². The summed E-state index contributed by atoms with van der Waals surface area (Å²) in [7, 11) is -2.86. The zero-order chi connectivity index (χ0) is 13.4. The molecule has 106 valence electrons. The maximum Gasteiger partial charge on any atom is 0.148 e.